The second-order valence-corrected chi connectivity index (χ2v) is 6.65. The lowest BCUT2D eigenvalue weighted by atomic mass is 9.98. The number of carboxylic acids is 1. The summed E-state index contributed by atoms with van der Waals surface area (Å²) in [4.78, 5) is 22.8. The van der Waals surface area contributed by atoms with Gasteiger partial charge in [-0.25, -0.2) is 15.0 Å². The molecule has 6 atom stereocenters. The van der Waals surface area contributed by atoms with E-state index in [0.717, 1.165) is 0 Å². The molecule has 1 saturated heterocycles. The molecule has 0 aromatic carbocycles. The Morgan fingerprint density at radius 1 is 1.22 bits per heavy atom. The zero-order chi connectivity index (χ0) is 19.7. The number of nitrogens with two attached hydrogens (primary N) is 3. The molecule has 0 spiro atoms. The molecule has 0 radical (unpaired) electrons. The van der Waals surface area contributed by atoms with Crippen molar-refractivity contribution in [1.29, 1.82) is 0 Å². The molecule has 2 aromatic rings. The minimum Gasteiger partial charge on any atom is -0.480 e. The van der Waals surface area contributed by atoms with Gasteiger partial charge in [-0.2, -0.15) is 0 Å². The summed E-state index contributed by atoms with van der Waals surface area (Å²) >= 11 is 0. The van der Waals surface area contributed by atoms with Crippen molar-refractivity contribution in [3.05, 3.63) is 12.7 Å². The maximum atomic E-state index is 10.8. The third kappa shape index (κ3) is 3.84. The summed E-state index contributed by atoms with van der Waals surface area (Å²) in [7, 11) is 0. The number of nitrogens with zero attached hydrogens (tertiary/aromatic N) is 4. The predicted octanol–water partition coefficient (Wildman–Crippen LogP) is -2.06. The highest BCUT2D eigenvalue weighted by atomic mass is 16.6. The molecule has 0 amide bonds. The molecule has 148 valence electrons. The highest BCUT2D eigenvalue weighted by molar-refractivity contribution is 5.81. The summed E-state index contributed by atoms with van der Waals surface area (Å²) in [5.41, 5.74) is 18.0. The van der Waals surface area contributed by atoms with Gasteiger partial charge in [-0.3, -0.25) is 9.36 Å². The second kappa shape index (κ2) is 7.70. The number of fused-ring (bicyclic) bond motifs is 1. The third-order valence-electron chi connectivity index (χ3n) is 4.70. The Balaban J connectivity index is 1.68. The Morgan fingerprint density at radius 3 is 2.67 bits per heavy atom. The van der Waals surface area contributed by atoms with E-state index in [1.807, 2.05) is 0 Å². The molecule has 0 saturated carbocycles. The number of rotatable bonds is 7. The molecule has 0 aliphatic carbocycles. The van der Waals surface area contributed by atoms with Crippen LogP contribution in [-0.4, -0.2) is 71.2 Å². The fourth-order valence-electron chi connectivity index (χ4n) is 3.14. The SMILES string of the molecule is Nc1ncnc2c1ncn2[C@@H]1O[C@@H](C[C@H](N)CC[C@H](N)C(=O)O)[C@@H](O)[C@H]1O. The summed E-state index contributed by atoms with van der Waals surface area (Å²) in [5.74, 6) is -0.900. The van der Waals surface area contributed by atoms with Crippen molar-refractivity contribution in [2.45, 2.75) is 55.9 Å². The van der Waals surface area contributed by atoms with Crippen LogP contribution in [0.2, 0.25) is 0 Å². The Labute approximate surface area is 154 Å². The Morgan fingerprint density at radius 2 is 1.96 bits per heavy atom. The summed E-state index contributed by atoms with van der Waals surface area (Å²) in [5, 5.41) is 29.5. The number of hydrogen-bond acceptors (Lipinski definition) is 10. The number of carbonyl (C=O) groups is 1. The first kappa shape index (κ1) is 19.4. The van der Waals surface area contributed by atoms with Crippen LogP contribution in [0.1, 0.15) is 25.5 Å². The van der Waals surface area contributed by atoms with Gasteiger partial charge in [-0.1, -0.05) is 0 Å². The minimum atomic E-state index is -1.22. The number of aliphatic hydroxyl groups is 2. The number of aliphatic carboxylic acids is 1. The lowest BCUT2D eigenvalue weighted by Crippen LogP contribution is -2.37. The molecule has 12 nitrogen and oxygen atoms in total. The number of imidazole rings is 1. The maximum Gasteiger partial charge on any atom is 0.320 e. The van der Waals surface area contributed by atoms with E-state index in [9.17, 15) is 15.0 Å². The number of aromatic nitrogens is 4. The first-order valence-corrected chi connectivity index (χ1v) is 8.48. The van der Waals surface area contributed by atoms with Crippen LogP contribution in [-0.2, 0) is 9.53 Å². The van der Waals surface area contributed by atoms with Gasteiger partial charge in [-0.05, 0) is 19.3 Å². The van der Waals surface area contributed by atoms with Crippen LogP contribution in [0.25, 0.3) is 11.2 Å². The van der Waals surface area contributed by atoms with Crippen molar-refractivity contribution in [2.24, 2.45) is 11.5 Å². The molecule has 1 fully saturated rings. The van der Waals surface area contributed by atoms with E-state index in [-0.39, 0.29) is 18.7 Å². The summed E-state index contributed by atoms with van der Waals surface area (Å²) in [6.45, 7) is 0. The van der Waals surface area contributed by atoms with Gasteiger partial charge < -0.3 is 37.3 Å². The Kier molecular flexibility index (Phi) is 5.53. The van der Waals surface area contributed by atoms with Crippen molar-refractivity contribution in [3.8, 4) is 0 Å². The first-order valence-electron chi connectivity index (χ1n) is 8.48. The number of aliphatic hydroxyl groups excluding tert-OH is 2. The van der Waals surface area contributed by atoms with Gasteiger partial charge in [0.15, 0.2) is 17.7 Å². The van der Waals surface area contributed by atoms with Crippen LogP contribution in [0, 0.1) is 0 Å². The van der Waals surface area contributed by atoms with Crippen molar-refractivity contribution >= 4 is 23.0 Å². The first-order chi connectivity index (χ1) is 12.8. The highest BCUT2D eigenvalue weighted by Crippen LogP contribution is 2.33. The van der Waals surface area contributed by atoms with Crippen molar-refractivity contribution in [2.75, 3.05) is 5.73 Å². The molecule has 27 heavy (non-hydrogen) atoms. The number of ether oxygens (including phenoxy) is 1. The molecule has 0 unspecified atom stereocenters. The van der Waals surface area contributed by atoms with Gasteiger partial charge >= 0.3 is 5.97 Å². The van der Waals surface area contributed by atoms with E-state index in [1.165, 1.54) is 17.2 Å². The minimum absolute atomic E-state index is 0.195. The van der Waals surface area contributed by atoms with Crippen LogP contribution in [0.4, 0.5) is 5.82 Å². The molecule has 1 aliphatic rings. The smallest absolute Gasteiger partial charge is 0.320 e. The quantitative estimate of drug-likeness (QED) is 0.307. The number of carboxylic acid groups (broad SMARTS) is 1. The largest absolute Gasteiger partial charge is 0.480 e. The zero-order valence-electron chi connectivity index (χ0n) is 14.4. The summed E-state index contributed by atoms with van der Waals surface area (Å²) in [6, 6.07) is -1.44. The van der Waals surface area contributed by atoms with Crippen LogP contribution in [0.5, 0.6) is 0 Å². The van der Waals surface area contributed by atoms with Crippen molar-refractivity contribution < 1.29 is 24.9 Å². The van der Waals surface area contributed by atoms with Gasteiger partial charge in [0.25, 0.3) is 0 Å². The van der Waals surface area contributed by atoms with E-state index in [2.05, 4.69) is 15.0 Å². The average Bonchev–Trinajstić information content (AvgIpc) is 3.17. The Hall–Kier alpha value is -2.38. The van der Waals surface area contributed by atoms with E-state index in [1.54, 1.807) is 0 Å². The van der Waals surface area contributed by atoms with Crippen LogP contribution in [0.15, 0.2) is 12.7 Å². The molecule has 3 rings (SSSR count). The fraction of sp³-hybridized carbons (Fsp3) is 0.600. The molecule has 12 heteroatoms. The fourth-order valence-corrected chi connectivity index (χ4v) is 3.14. The number of nitrogen functional groups attached to an aromatic ring is 1. The van der Waals surface area contributed by atoms with E-state index >= 15 is 0 Å². The maximum absolute atomic E-state index is 10.8. The van der Waals surface area contributed by atoms with E-state index < -0.39 is 42.6 Å². The van der Waals surface area contributed by atoms with Crippen molar-refractivity contribution in [1.82, 2.24) is 19.5 Å². The van der Waals surface area contributed by atoms with Gasteiger partial charge in [0.2, 0.25) is 0 Å². The number of anilines is 1. The lowest BCUT2D eigenvalue weighted by molar-refractivity contribution is -0.138. The molecular formula is C15H23N7O5. The lowest BCUT2D eigenvalue weighted by Gasteiger charge is -2.20. The monoisotopic (exact) mass is 381 g/mol. The zero-order valence-corrected chi connectivity index (χ0v) is 14.4. The summed E-state index contributed by atoms with van der Waals surface area (Å²) < 4.78 is 7.28. The normalized spacial score (nSPS) is 27.7. The summed E-state index contributed by atoms with van der Waals surface area (Å²) in [6.07, 6.45) is -0.604. The van der Waals surface area contributed by atoms with Crippen LogP contribution in [0.3, 0.4) is 0 Å². The van der Waals surface area contributed by atoms with Gasteiger partial charge in [0.05, 0.1) is 12.4 Å². The second-order valence-electron chi connectivity index (χ2n) is 6.65. The van der Waals surface area contributed by atoms with Gasteiger partial charge in [-0.15, -0.1) is 0 Å². The average molecular weight is 381 g/mol. The molecular weight excluding hydrogens is 358 g/mol. The topological polar surface area (TPSA) is 209 Å². The van der Waals surface area contributed by atoms with Crippen LogP contribution < -0.4 is 17.2 Å². The molecule has 1 aliphatic heterocycles. The molecule has 2 aromatic heterocycles. The van der Waals surface area contributed by atoms with E-state index in [0.29, 0.717) is 17.6 Å². The third-order valence-corrected chi connectivity index (χ3v) is 4.70. The Bertz CT molecular complexity index is 815. The van der Waals surface area contributed by atoms with Gasteiger partial charge in [0.1, 0.15) is 30.1 Å². The van der Waals surface area contributed by atoms with Gasteiger partial charge in [0, 0.05) is 6.04 Å². The standard InChI is InChI=1S/C15H23N7O5/c16-6(1-2-7(17)15(25)26)3-8-10(23)11(24)14(27-8)22-5-21-9-12(18)19-4-20-13(9)22/h4-8,10-11,14,23-24H,1-3,16-17H2,(H,25,26)(H2,18,19,20)/t6-,7+,8+,10-,11-,14-/m1/s1. The number of hydrogen-bond donors (Lipinski definition) is 6. The predicted molar refractivity (Wildman–Crippen MR) is 93.1 cm³/mol. The molecule has 3 heterocycles. The molecule has 0 bridgehead atoms. The van der Waals surface area contributed by atoms with Crippen LogP contribution >= 0.6 is 0 Å². The van der Waals surface area contributed by atoms with E-state index in [4.69, 9.17) is 27.0 Å². The van der Waals surface area contributed by atoms with Crippen molar-refractivity contribution in [3.63, 3.8) is 0 Å². The highest BCUT2D eigenvalue weighted by Gasteiger charge is 2.44. The molecule has 9 N–H and O–H groups in total.